The van der Waals surface area contributed by atoms with Crippen molar-refractivity contribution in [3.8, 4) is 11.5 Å². The van der Waals surface area contributed by atoms with Gasteiger partial charge < -0.3 is 19.3 Å². The highest BCUT2D eigenvalue weighted by Crippen LogP contribution is 2.36. The number of benzene rings is 1. The normalized spacial score (nSPS) is 10.7. The van der Waals surface area contributed by atoms with Crippen molar-refractivity contribution >= 4 is 21.9 Å². The Bertz CT molecular complexity index is 473. The van der Waals surface area contributed by atoms with E-state index in [0.717, 1.165) is 0 Å². The fourth-order valence-corrected chi connectivity index (χ4v) is 2.17. The fourth-order valence-electron chi connectivity index (χ4n) is 1.62. The Morgan fingerprint density at radius 2 is 2.00 bits per heavy atom. The molecule has 0 spiro atoms. The summed E-state index contributed by atoms with van der Waals surface area (Å²) in [5.74, 6) is 0.372. The van der Waals surface area contributed by atoms with Gasteiger partial charge in [-0.25, -0.2) is 4.79 Å². The topological polar surface area (TPSA) is 65.0 Å². The summed E-state index contributed by atoms with van der Waals surface area (Å²) in [4.78, 5) is 11.0. The lowest BCUT2D eigenvalue weighted by Crippen LogP contribution is -2.11. The second-order valence-electron chi connectivity index (χ2n) is 4.84. The van der Waals surface area contributed by atoms with Gasteiger partial charge >= 0.3 is 5.97 Å². The Labute approximate surface area is 133 Å². The van der Waals surface area contributed by atoms with Gasteiger partial charge in [0.1, 0.15) is 6.61 Å². The number of rotatable bonds is 9. The number of aromatic carboxylic acids is 1. The van der Waals surface area contributed by atoms with E-state index in [1.54, 1.807) is 0 Å². The summed E-state index contributed by atoms with van der Waals surface area (Å²) in [6.07, 6.45) is 0. The lowest BCUT2D eigenvalue weighted by Gasteiger charge is -2.15. The Kier molecular flexibility index (Phi) is 7.53. The number of ether oxygens (including phenoxy) is 3. The molecule has 21 heavy (non-hydrogen) atoms. The van der Waals surface area contributed by atoms with Crippen LogP contribution in [-0.4, -0.2) is 37.5 Å². The molecule has 0 saturated heterocycles. The zero-order valence-electron chi connectivity index (χ0n) is 12.5. The van der Waals surface area contributed by atoms with Gasteiger partial charge in [-0.05, 0) is 40.9 Å². The lowest BCUT2D eigenvalue weighted by molar-refractivity contribution is 0.0695. The lowest BCUT2D eigenvalue weighted by atomic mass is 10.2. The molecular weight excluding hydrogens is 340 g/mol. The number of carboxylic acids is 1. The van der Waals surface area contributed by atoms with Crippen LogP contribution in [0.15, 0.2) is 16.6 Å². The highest BCUT2D eigenvalue weighted by molar-refractivity contribution is 9.10. The quantitative estimate of drug-likeness (QED) is 0.681. The maximum atomic E-state index is 11.0. The van der Waals surface area contributed by atoms with Crippen LogP contribution in [0.4, 0.5) is 0 Å². The third-order valence-corrected chi connectivity index (χ3v) is 3.07. The minimum Gasteiger partial charge on any atom is -0.490 e. The van der Waals surface area contributed by atoms with Gasteiger partial charge in [-0.15, -0.1) is 0 Å². The van der Waals surface area contributed by atoms with Crippen LogP contribution in [0, 0.1) is 5.92 Å². The molecule has 1 aromatic rings. The zero-order valence-corrected chi connectivity index (χ0v) is 14.1. The van der Waals surface area contributed by atoms with Gasteiger partial charge in [0.25, 0.3) is 0 Å². The summed E-state index contributed by atoms with van der Waals surface area (Å²) in [6.45, 7) is 7.94. The Balaban J connectivity index is 2.73. The number of hydrogen-bond donors (Lipinski definition) is 1. The maximum absolute atomic E-state index is 11.0. The molecule has 0 saturated carbocycles. The molecule has 0 fully saturated rings. The molecule has 6 heteroatoms. The molecule has 0 aliphatic carbocycles. The van der Waals surface area contributed by atoms with Crippen LogP contribution in [0.2, 0.25) is 0 Å². The molecule has 0 aromatic heterocycles. The third kappa shape index (κ3) is 5.93. The van der Waals surface area contributed by atoms with Crippen molar-refractivity contribution in [2.75, 3.05) is 26.4 Å². The van der Waals surface area contributed by atoms with Gasteiger partial charge in [0, 0.05) is 6.61 Å². The van der Waals surface area contributed by atoms with E-state index < -0.39 is 5.97 Å². The molecule has 0 radical (unpaired) electrons. The molecule has 0 atom stereocenters. The first-order chi connectivity index (χ1) is 9.95. The summed E-state index contributed by atoms with van der Waals surface area (Å²) >= 11 is 3.32. The van der Waals surface area contributed by atoms with Crippen LogP contribution in [0.3, 0.4) is 0 Å². The second kappa shape index (κ2) is 8.89. The second-order valence-corrected chi connectivity index (χ2v) is 5.70. The Morgan fingerprint density at radius 3 is 2.57 bits per heavy atom. The third-order valence-electron chi connectivity index (χ3n) is 2.48. The first kappa shape index (κ1) is 17.8. The predicted octanol–water partition coefficient (Wildman–Crippen LogP) is 3.60. The van der Waals surface area contributed by atoms with Crippen LogP contribution in [0.1, 0.15) is 31.1 Å². The fraction of sp³-hybridized carbons (Fsp3) is 0.533. The van der Waals surface area contributed by atoms with E-state index >= 15 is 0 Å². The molecule has 5 nitrogen and oxygen atoms in total. The smallest absolute Gasteiger partial charge is 0.335 e. The summed E-state index contributed by atoms with van der Waals surface area (Å²) in [7, 11) is 0. The van der Waals surface area contributed by atoms with E-state index in [-0.39, 0.29) is 5.56 Å². The molecule has 0 aliphatic rings. The van der Waals surface area contributed by atoms with Crippen molar-refractivity contribution in [3.05, 3.63) is 22.2 Å². The van der Waals surface area contributed by atoms with Gasteiger partial charge in [-0.3, -0.25) is 0 Å². The minimum absolute atomic E-state index is 0.147. The van der Waals surface area contributed by atoms with Gasteiger partial charge in [0.05, 0.1) is 23.2 Å². The average molecular weight is 361 g/mol. The van der Waals surface area contributed by atoms with E-state index in [1.807, 2.05) is 6.92 Å². The highest BCUT2D eigenvalue weighted by atomic mass is 79.9. The molecule has 0 bridgehead atoms. The van der Waals surface area contributed by atoms with Crippen molar-refractivity contribution in [2.24, 2.45) is 5.92 Å². The first-order valence-corrected chi connectivity index (χ1v) is 7.65. The summed E-state index contributed by atoms with van der Waals surface area (Å²) in [5.41, 5.74) is 0.147. The average Bonchev–Trinajstić information content (AvgIpc) is 2.40. The highest BCUT2D eigenvalue weighted by Gasteiger charge is 2.15. The monoisotopic (exact) mass is 360 g/mol. The molecule has 1 N–H and O–H groups in total. The SMILES string of the molecule is CCOc1cc(C(=O)O)cc(Br)c1OCCOCC(C)C. The summed E-state index contributed by atoms with van der Waals surface area (Å²) < 4.78 is 17.1. The van der Waals surface area contributed by atoms with Gasteiger partial charge in [0.2, 0.25) is 0 Å². The number of carboxylic acid groups (broad SMARTS) is 1. The summed E-state index contributed by atoms with van der Waals surface area (Å²) in [5, 5.41) is 9.05. The van der Waals surface area contributed by atoms with Crippen molar-refractivity contribution in [3.63, 3.8) is 0 Å². The van der Waals surface area contributed by atoms with Crippen LogP contribution < -0.4 is 9.47 Å². The largest absolute Gasteiger partial charge is 0.490 e. The molecule has 0 unspecified atom stereocenters. The molecule has 0 amide bonds. The van der Waals surface area contributed by atoms with Crippen LogP contribution in [-0.2, 0) is 4.74 Å². The standard InChI is InChI=1S/C15H21BrO5/c1-4-20-13-8-11(15(17)18)7-12(16)14(13)21-6-5-19-9-10(2)3/h7-8,10H,4-6,9H2,1-3H3,(H,17,18). The number of carbonyl (C=O) groups is 1. The van der Waals surface area contributed by atoms with Gasteiger partial charge in [0.15, 0.2) is 11.5 Å². The molecule has 0 aliphatic heterocycles. The predicted molar refractivity (Wildman–Crippen MR) is 83.4 cm³/mol. The van der Waals surface area contributed by atoms with Crippen molar-refractivity contribution in [2.45, 2.75) is 20.8 Å². The minimum atomic E-state index is -1.01. The van der Waals surface area contributed by atoms with E-state index in [1.165, 1.54) is 12.1 Å². The van der Waals surface area contributed by atoms with Crippen LogP contribution in [0.5, 0.6) is 11.5 Å². The van der Waals surface area contributed by atoms with Crippen LogP contribution >= 0.6 is 15.9 Å². The zero-order chi connectivity index (χ0) is 15.8. The Hall–Kier alpha value is -1.27. The molecule has 1 rings (SSSR count). The number of halogens is 1. The molecule has 1 aromatic carbocycles. The Morgan fingerprint density at radius 1 is 1.29 bits per heavy atom. The maximum Gasteiger partial charge on any atom is 0.335 e. The van der Waals surface area contributed by atoms with E-state index in [0.29, 0.717) is 48.3 Å². The number of hydrogen-bond acceptors (Lipinski definition) is 4. The van der Waals surface area contributed by atoms with Crippen LogP contribution in [0.25, 0.3) is 0 Å². The molecule has 118 valence electrons. The molecule has 0 heterocycles. The van der Waals surface area contributed by atoms with E-state index in [9.17, 15) is 4.79 Å². The van der Waals surface area contributed by atoms with Crippen molar-refractivity contribution in [1.82, 2.24) is 0 Å². The first-order valence-electron chi connectivity index (χ1n) is 6.85. The van der Waals surface area contributed by atoms with Gasteiger partial charge in [-0.2, -0.15) is 0 Å². The van der Waals surface area contributed by atoms with E-state index in [2.05, 4.69) is 29.8 Å². The van der Waals surface area contributed by atoms with E-state index in [4.69, 9.17) is 19.3 Å². The molecular formula is C15H21BrO5. The van der Waals surface area contributed by atoms with Crippen molar-refractivity contribution in [1.29, 1.82) is 0 Å². The summed E-state index contributed by atoms with van der Waals surface area (Å²) in [6, 6.07) is 2.95. The van der Waals surface area contributed by atoms with Crippen molar-refractivity contribution < 1.29 is 24.1 Å². The van der Waals surface area contributed by atoms with Gasteiger partial charge in [-0.1, -0.05) is 13.8 Å².